The Bertz CT molecular complexity index is 1150. The zero-order chi connectivity index (χ0) is 20.8. The van der Waals surface area contributed by atoms with Crippen LogP contribution in [0.3, 0.4) is 0 Å². The van der Waals surface area contributed by atoms with Crippen LogP contribution in [0.1, 0.15) is 16.8 Å². The molecule has 1 heterocycles. The number of ether oxygens (including phenoxy) is 1. The lowest BCUT2D eigenvalue weighted by Gasteiger charge is -2.06. The molecule has 0 amide bonds. The first kappa shape index (κ1) is 19.6. The van der Waals surface area contributed by atoms with Gasteiger partial charge in [-0.15, -0.1) is 0 Å². The van der Waals surface area contributed by atoms with E-state index in [2.05, 4.69) is 16.4 Å². The second kappa shape index (κ2) is 9.17. The van der Waals surface area contributed by atoms with E-state index in [-0.39, 0.29) is 5.69 Å². The molecule has 0 aliphatic rings. The van der Waals surface area contributed by atoms with Crippen LogP contribution in [0.2, 0.25) is 5.02 Å². The van der Waals surface area contributed by atoms with Crippen molar-refractivity contribution in [2.45, 2.75) is 13.2 Å². The molecule has 0 spiro atoms. The molecule has 0 bridgehead atoms. The maximum atomic E-state index is 9.38. The molecule has 1 aromatic heterocycles. The summed E-state index contributed by atoms with van der Waals surface area (Å²) in [5.74, 6) is 1.46. The van der Waals surface area contributed by atoms with Crippen molar-refractivity contribution in [1.29, 1.82) is 5.26 Å². The Morgan fingerprint density at radius 1 is 0.933 bits per heavy atom. The van der Waals surface area contributed by atoms with Crippen molar-refractivity contribution in [2.75, 3.05) is 5.32 Å². The summed E-state index contributed by atoms with van der Waals surface area (Å²) in [6.45, 7) is 0.989. The number of benzene rings is 3. The molecule has 30 heavy (non-hydrogen) atoms. The molecule has 0 aliphatic heterocycles. The Kier molecular flexibility index (Phi) is 5.98. The minimum Gasteiger partial charge on any atom is -0.489 e. The molecule has 1 N–H and O–H groups in total. The molecule has 4 rings (SSSR count). The summed E-state index contributed by atoms with van der Waals surface area (Å²) >= 11 is 5.91. The average Bonchev–Trinajstić information content (AvgIpc) is 3.22. The summed E-state index contributed by atoms with van der Waals surface area (Å²) < 4.78 is 11.6. The highest BCUT2D eigenvalue weighted by Crippen LogP contribution is 2.27. The van der Waals surface area contributed by atoms with Crippen LogP contribution in [0, 0.1) is 11.3 Å². The zero-order valence-corrected chi connectivity index (χ0v) is 16.8. The number of nitrogens with zero attached hydrogens (tertiary/aromatic N) is 2. The van der Waals surface area contributed by atoms with Gasteiger partial charge < -0.3 is 14.5 Å². The molecule has 148 valence electrons. The number of anilines is 1. The molecule has 0 aliphatic carbocycles. The Labute approximate surface area is 179 Å². The summed E-state index contributed by atoms with van der Waals surface area (Å²) in [6, 6.07) is 26.9. The van der Waals surface area contributed by atoms with Crippen molar-refractivity contribution in [2.24, 2.45) is 0 Å². The van der Waals surface area contributed by atoms with E-state index in [1.165, 1.54) is 0 Å². The fraction of sp³-hybridized carbons (Fsp3) is 0.0833. The van der Waals surface area contributed by atoms with Gasteiger partial charge in [-0.3, -0.25) is 0 Å². The smallest absolute Gasteiger partial charge is 0.232 e. The van der Waals surface area contributed by atoms with E-state index in [1.807, 2.05) is 78.9 Å². The molecule has 0 unspecified atom stereocenters. The second-order valence-corrected chi connectivity index (χ2v) is 7.02. The summed E-state index contributed by atoms with van der Waals surface area (Å²) in [6.07, 6.45) is 0. The van der Waals surface area contributed by atoms with Gasteiger partial charge in [-0.25, -0.2) is 0 Å². The third kappa shape index (κ3) is 4.80. The first-order valence-corrected chi connectivity index (χ1v) is 9.75. The summed E-state index contributed by atoms with van der Waals surface area (Å²) in [5.41, 5.74) is 3.09. The maximum absolute atomic E-state index is 9.38. The molecular formula is C24H18ClN3O2. The molecule has 4 aromatic rings. The fourth-order valence-electron chi connectivity index (χ4n) is 2.86. The number of nitrogens with one attached hydrogen (secondary N) is 1. The van der Waals surface area contributed by atoms with Crippen LogP contribution < -0.4 is 10.1 Å². The number of rotatable bonds is 7. The van der Waals surface area contributed by atoms with Gasteiger partial charge in [0.05, 0.1) is 0 Å². The minimum atomic E-state index is 0.211. The van der Waals surface area contributed by atoms with Gasteiger partial charge in [-0.05, 0) is 47.5 Å². The number of halogens is 1. The van der Waals surface area contributed by atoms with Crippen molar-refractivity contribution in [3.63, 3.8) is 0 Å². The Balaban J connectivity index is 1.43. The third-order valence-corrected chi connectivity index (χ3v) is 4.70. The SMILES string of the molecule is N#Cc1nc(-c2ccc(OCc3ccccc3)cc2)oc1NCc1ccc(Cl)cc1. The molecule has 5 nitrogen and oxygen atoms in total. The minimum absolute atomic E-state index is 0.211. The summed E-state index contributed by atoms with van der Waals surface area (Å²) in [5, 5.41) is 13.2. The summed E-state index contributed by atoms with van der Waals surface area (Å²) in [4.78, 5) is 4.30. The monoisotopic (exact) mass is 415 g/mol. The van der Waals surface area contributed by atoms with E-state index in [0.717, 1.165) is 22.4 Å². The van der Waals surface area contributed by atoms with E-state index in [9.17, 15) is 5.26 Å². The van der Waals surface area contributed by atoms with Gasteiger partial charge in [-0.2, -0.15) is 10.2 Å². The van der Waals surface area contributed by atoms with Crippen LogP contribution in [-0.4, -0.2) is 4.98 Å². The van der Waals surface area contributed by atoms with Gasteiger partial charge in [0, 0.05) is 17.1 Å². The highest BCUT2D eigenvalue weighted by Gasteiger charge is 2.14. The van der Waals surface area contributed by atoms with Gasteiger partial charge >= 0.3 is 0 Å². The number of hydrogen-bond acceptors (Lipinski definition) is 5. The third-order valence-electron chi connectivity index (χ3n) is 4.45. The van der Waals surface area contributed by atoms with Crippen LogP contribution in [0.4, 0.5) is 5.88 Å². The second-order valence-electron chi connectivity index (χ2n) is 6.59. The van der Waals surface area contributed by atoms with E-state index >= 15 is 0 Å². The zero-order valence-electron chi connectivity index (χ0n) is 16.0. The fourth-order valence-corrected chi connectivity index (χ4v) is 2.98. The van der Waals surface area contributed by atoms with E-state index in [1.54, 1.807) is 0 Å². The average molecular weight is 416 g/mol. The van der Waals surface area contributed by atoms with Crippen LogP contribution in [0.15, 0.2) is 83.3 Å². The molecule has 0 atom stereocenters. The van der Waals surface area contributed by atoms with Crippen molar-refractivity contribution >= 4 is 17.5 Å². The van der Waals surface area contributed by atoms with Gasteiger partial charge in [0.15, 0.2) is 0 Å². The lowest BCUT2D eigenvalue weighted by molar-refractivity contribution is 0.306. The van der Waals surface area contributed by atoms with Gasteiger partial charge in [0.1, 0.15) is 18.4 Å². The molecule has 3 aromatic carbocycles. The lowest BCUT2D eigenvalue weighted by atomic mass is 10.2. The van der Waals surface area contributed by atoms with E-state index in [4.69, 9.17) is 20.8 Å². The van der Waals surface area contributed by atoms with E-state index < -0.39 is 0 Å². The van der Waals surface area contributed by atoms with E-state index in [0.29, 0.717) is 29.9 Å². The number of aromatic nitrogens is 1. The topological polar surface area (TPSA) is 71.1 Å². The van der Waals surface area contributed by atoms with Crippen molar-refractivity contribution in [1.82, 2.24) is 4.98 Å². The largest absolute Gasteiger partial charge is 0.489 e. The highest BCUT2D eigenvalue weighted by molar-refractivity contribution is 6.30. The lowest BCUT2D eigenvalue weighted by Crippen LogP contribution is -1.99. The molecule has 0 saturated carbocycles. The molecule has 0 saturated heterocycles. The number of oxazole rings is 1. The first-order valence-electron chi connectivity index (χ1n) is 9.37. The quantitative estimate of drug-likeness (QED) is 0.397. The van der Waals surface area contributed by atoms with Crippen molar-refractivity contribution < 1.29 is 9.15 Å². The number of hydrogen-bond donors (Lipinski definition) is 1. The normalized spacial score (nSPS) is 10.4. The predicted octanol–water partition coefficient (Wildman–Crippen LogP) is 6.06. The van der Waals surface area contributed by atoms with Crippen LogP contribution in [0.25, 0.3) is 11.5 Å². The first-order chi connectivity index (χ1) is 14.7. The van der Waals surface area contributed by atoms with Crippen molar-refractivity contribution in [3.8, 4) is 23.3 Å². The molecule has 6 heteroatoms. The summed E-state index contributed by atoms with van der Waals surface area (Å²) in [7, 11) is 0. The van der Waals surface area contributed by atoms with Crippen LogP contribution in [-0.2, 0) is 13.2 Å². The van der Waals surface area contributed by atoms with Crippen molar-refractivity contribution in [3.05, 3.63) is 101 Å². The highest BCUT2D eigenvalue weighted by atomic mass is 35.5. The number of nitriles is 1. The van der Waals surface area contributed by atoms with Gasteiger partial charge in [0.2, 0.25) is 17.5 Å². The Hall–Kier alpha value is -3.75. The van der Waals surface area contributed by atoms with Gasteiger partial charge in [0.25, 0.3) is 0 Å². The predicted molar refractivity (Wildman–Crippen MR) is 116 cm³/mol. The maximum Gasteiger partial charge on any atom is 0.232 e. The van der Waals surface area contributed by atoms with Crippen LogP contribution >= 0.6 is 11.6 Å². The Morgan fingerprint density at radius 2 is 1.67 bits per heavy atom. The Morgan fingerprint density at radius 3 is 2.37 bits per heavy atom. The molecular weight excluding hydrogens is 398 g/mol. The van der Waals surface area contributed by atoms with Gasteiger partial charge in [-0.1, -0.05) is 54.1 Å². The molecule has 0 radical (unpaired) electrons. The van der Waals surface area contributed by atoms with Crippen LogP contribution in [0.5, 0.6) is 5.75 Å². The molecule has 0 fully saturated rings. The standard InChI is InChI=1S/C24H18ClN3O2/c25-20-10-6-17(7-11-20)15-27-24-22(14-26)28-23(30-24)19-8-12-21(13-9-19)29-16-18-4-2-1-3-5-18/h1-13,27H,15-16H2.